The molecular formula is C14H13F3N2O2. The first kappa shape index (κ1) is 16.6. The lowest BCUT2D eigenvalue weighted by Crippen LogP contribution is -2.25. The predicted octanol–water partition coefficient (Wildman–Crippen LogP) is 2.87. The molecule has 0 heterocycles. The molecule has 21 heavy (non-hydrogen) atoms. The number of carbonyl (C=O) groups excluding carboxylic acids is 1. The molecule has 0 aliphatic rings. The van der Waals surface area contributed by atoms with Crippen LogP contribution < -0.4 is 10.1 Å². The van der Waals surface area contributed by atoms with E-state index in [1.807, 2.05) is 6.07 Å². The number of alkyl halides is 3. The van der Waals surface area contributed by atoms with E-state index in [2.05, 4.69) is 10.1 Å². The van der Waals surface area contributed by atoms with E-state index >= 15 is 0 Å². The number of nitrogens with zero attached hydrogens (tertiary/aromatic N) is 1. The summed E-state index contributed by atoms with van der Waals surface area (Å²) in [5.74, 6) is -1.23. The number of benzene rings is 1. The SMILES string of the molecule is CC(C#N)CNC(=O)/C=C/c1ccccc1OC(F)(F)F. The van der Waals surface area contributed by atoms with Gasteiger partial charge in [-0.15, -0.1) is 13.2 Å². The third-order valence-corrected chi connectivity index (χ3v) is 2.36. The van der Waals surface area contributed by atoms with Crippen molar-refractivity contribution in [2.24, 2.45) is 5.92 Å². The van der Waals surface area contributed by atoms with Crippen molar-refractivity contribution in [1.82, 2.24) is 5.32 Å². The summed E-state index contributed by atoms with van der Waals surface area (Å²) in [6.45, 7) is 1.80. The largest absolute Gasteiger partial charge is 0.573 e. The molecule has 0 spiro atoms. The van der Waals surface area contributed by atoms with Gasteiger partial charge < -0.3 is 10.1 Å². The molecule has 1 aromatic carbocycles. The molecule has 1 unspecified atom stereocenters. The lowest BCUT2D eigenvalue weighted by molar-refractivity contribution is -0.274. The van der Waals surface area contributed by atoms with Crippen LogP contribution >= 0.6 is 0 Å². The molecule has 4 nitrogen and oxygen atoms in total. The molecule has 1 N–H and O–H groups in total. The normalized spacial score (nSPS) is 12.7. The van der Waals surface area contributed by atoms with Gasteiger partial charge in [0, 0.05) is 18.2 Å². The van der Waals surface area contributed by atoms with Crippen molar-refractivity contribution in [3.05, 3.63) is 35.9 Å². The second-order valence-electron chi connectivity index (χ2n) is 4.19. The summed E-state index contributed by atoms with van der Waals surface area (Å²) in [4.78, 5) is 11.5. The zero-order valence-corrected chi connectivity index (χ0v) is 11.1. The molecule has 0 aliphatic heterocycles. The highest BCUT2D eigenvalue weighted by Gasteiger charge is 2.31. The van der Waals surface area contributed by atoms with E-state index in [1.165, 1.54) is 24.3 Å². The first-order chi connectivity index (χ1) is 9.81. The Bertz CT molecular complexity index is 562. The van der Waals surface area contributed by atoms with E-state index < -0.39 is 12.3 Å². The number of para-hydroxylation sites is 1. The number of ether oxygens (including phenoxy) is 1. The third-order valence-electron chi connectivity index (χ3n) is 2.36. The minimum Gasteiger partial charge on any atom is -0.405 e. The summed E-state index contributed by atoms with van der Waals surface area (Å²) in [5, 5.41) is 11.0. The standard InChI is InChI=1S/C14H13F3N2O2/c1-10(8-18)9-19-13(20)7-6-11-4-2-3-5-12(11)21-14(15,16)17/h2-7,10H,9H2,1H3,(H,19,20)/b7-6+. The molecule has 0 aliphatic carbocycles. The molecule has 112 valence electrons. The Balaban J connectivity index is 2.72. The Hall–Kier alpha value is -2.49. The molecule has 0 radical (unpaired) electrons. The van der Waals surface area contributed by atoms with E-state index in [0.717, 1.165) is 12.1 Å². The first-order valence-electron chi connectivity index (χ1n) is 6.02. The second-order valence-corrected chi connectivity index (χ2v) is 4.19. The number of hydrogen-bond acceptors (Lipinski definition) is 3. The van der Waals surface area contributed by atoms with Crippen LogP contribution in [0.4, 0.5) is 13.2 Å². The van der Waals surface area contributed by atoms with Gasteiger partial charge in [0.25, 0.3) is 0 Å². The minimum atomic E-state index is -4.80. The van der Waals surface area contributed by atoms with Crippen LogP contribution in [0.5, 0.6) is 5.75 Å². The number of nitrogens with one attached hydrogen (secondary N) is 1. The fourth-order valence-corrected chi connectivity index (χ4v) is 1.36. The maximum Gasteiger partial charge on any atom is 0.573 e. The summed E-state index contributed by atoms with van der Waals surface area (Å²) in [6, 6.07) is 7.41. The Morgan fingerprint density at radius 3 is 2.76 bits per heavy atom. The summed E-state index contributed by atoms with van der Waals surface area (Å²) < 4.78 is 40.5. The van der Waals surface area contributed by atoms with Crippen LogP contribution in [0.15, 0.2) is 30.3 Å². The maximum absolute atomic E-state index is 12.2. The third kappa shape index (κ3) is 6.47. The quantitative estimate of drug-likeness (QED) is 0.850. The van der Waals surface area contributed by atoms with Crippen molar-refractivity contribution in [1.29, 1.82) is 5.26 Å². The van der Waals surface area contributed by atoms with Gasteiger partial charge in [-0.1, -0.05) is 18.2 Å². The highest BCUT2D eigenvalue weighted by atomic mass is 19.4. The number of halogens is 3. The number of nitriles is 1. The Kier molecular flexibility index (Phi) is 5.79. The zero-order valence-electron chi connectivity index (χ0n) is 11.1. The molecule has 1 amide bonds. The highest BCUT2D eigenvalue weighted by Crippen LogP contribution is 2.26. The van der Waals surface area contributed by atoms with Gasteiger partial charge in [-0.2, -0.15) is 5.26 Å². The average molecular weight is 298 g/mol. The van der Waals surface area contributed by atoms with Gasteiger partial charge in [-0.3, -0.25) is 4.79 Å². The molecule has 1 aromatic rings. The summed E-state index contributed by atoms with van der Waals surface area (Å²) >= 11 is 0. The molecular weight excluding hydrogens is 285 g/mol. The second kappa shape index (κ2) is 7.33. The van der Waals surface area contributed by atoms with Crippen molar-refractivity contribution in [3.63, 3.8) is 0 Å². The Labute approximate surface area is 119 Å². The topological polar surface area (TPSA) is 62.1 Å². The molecule has 7 heteroatoms. The van der Waals surface area contributed by atoms with Crippen molar-refractivity contribution < 1.29 is 22.7 Å². The van der Waals surface area contributed by atoms with Crippen LogP contribution in [0.25, 0.3) is 6.08 Å². The lowest BCUT2D eigenvalue weighted by Gasteiger charge is -2.11. The molecule has 0 aromatic heterocycles. The van der Waals surface area contributed by atoms with Crippen molar-refractivity contribution >= 4 is 12.0 Å². The van der Waals surface area contributed by atoms with Crippen molar-refractivity contribution in [2.45, 2.75) is 13.3 Å². The van der Waals surface area contributed by atoms with E-state index in [0.29, 0.717) is 0 Å². The Morgan fingerprint density at radius 1 is 1.48 bits per heavy atom. The highest BCUT2D eigenvalue weighted by molar-refractivity contribution is 5.92. The van der Waals surface area contributed by atoms with Crippen LogP contribution in [0.2, 0.25) is 0 Å². The van der Waals surface area contributed by atoms with Gasteiger partial charge in [0.05, 0.1) is 12.0 Å². The molecule has 0 saturated carbocycles. The molecule has 1 atom stereocenters. The number of amides is 1. The van der Waals surface area contributed by atoms with Gasteiger partial charge >= 0.3 is 6.36 Å². The van der Waals surface area contributed by atoms with E-state index in [-0.39, 0.29) is 23.8 Å². The fraction of sp³-hybridized carbons (Fsp3) is 0.286. The minimum absolute atomic E-state index is 0.123. The zero-order chi connectivity index (χ0) is 15.9. The van der Waals surface area contributed by atoms with Crippen LogP contribution in [0.3, 0.4) is 0 Å². The van der Waals surface area contributed by atoms with E-state index in [4.69, 9.17) is 5.26 Å². The number of hydrogen-bond donors (Lipinski definition) is 1. The fourth-order valence-electron chi connectivity index (χ4n) is 1.36. The summed E-state index contributed by atoms with van der Waals surface area (Å²) in [6.07, 6.45) is -2.50. The van der Waals surface area contributed by atoms with Gasteiger partial charge in [0.2, 0.25) is 5.91 Å². The molecule has 0 bridgehead atoms. The van der Waals surface area contributed by atoms with E-state index in [9.17, 15) is 18.0 Å². The Morgan fingerprint density at radius 2 is 2.14 bits per heavy atom. The van der Waals surface area contributed by atoms with Crippen LogP contribution in [0.1, 0.15) is 12.5 Å². The smallest absolute Gasteiger partial charge is 0.405 e. The number of carbonyl (C=O) groups is 1. The van der Waals surface area contributed by atoms with Gasteiger partial charge in [-0.25, -0.2) is 0 Å². The predicted molar refractivity (Wildman–Crippen MR) is 69.9 cm³/mol. The maximum atomic E-state index is 12.2. The lowest BCUT2D eigenvalue weighted by atomic mass is 10.2. The first-order valence-corrected chi connectivity index (χ1v) is 6.02. The van der Waals surface area contributed by atoms with Gasteiger partial charge in [-0.05, 0) is 19.1 Å². The van der Waals surface area contributed by atoms with Crippen LogP contribution in [-0.4, -0.2) is 18.8 Å². The van der Waals surface area contributed by atoms with E-state index in [1.54, 1.807) is 6.92 Å². The summed E-state index contributed by atoms with van der Waals surface area (Å²) in [5.41, 5.74) is 0.123. The van der Waals surface area contributed by atoms with Gasteiger partial charge in [0.15, 0.2) is 0 Å². The van der Waals surface area contributed by atoms with Crippen LogP contribution in [0, 0.1) is 17.2 Å². The molecule has 1 rings (SSSR count). The monoisotopic (exact) mass is 298 g/mol. The van der Waals surface area contributed by atoms with Crippen molar-refractivity contribution in [3.8, 4) is 11.8 Å². The van der Waals surface area contributed by atoms with Crippen molar-refractivity contribution in [2.75, 3.05) is 6.54 Å². The average Bonchev–Trinajstić information content (AvgIpc) is 2.42. The molecule has 0 fully saturated rings. The van der Waals surface area contributed by atoms with Gasteiger partial charge in [0.1, 0.15) is 5.75 Å². The molecule has 0 saturated heterocycles. The van der Waals surface area contributed by atoms with Crippen LogP contribution in [-0.2, 0) is 4.79 Å². The summed E-state index contributed by atoms with van der Waals surface area (Å²) in [7, 11) is 0. The number of rotatable bonds is 5.